The van der Waals surface area contributed by atoms with E-state index in [1.165, 1.54) is 0 Å². The quantitative estimate of drug-likeness (QED) is 0.549. The zero-order valence-corrected chi connectivity index (χ0v) is 9.72. The smallest absolute Gasteiger partial charge is 0.264 e. The van der Waals surface area contributed by atoms with Crippen molar-refractivity contribution in [2.75, 3.05) is 6.26 Å². The maximum absolute atomic E-state index is 11.1. The van der Waals surface area contributed by atoms with E-state index < -0.39 is 10.1 Å². The predicted molar refractivity (Wildman–Crippen MR) is 58.7 cm³/mol. The van der Waals surface area contributed by atoms with Crippen LogP contribution in [0.25, 0.3) is 0 Å². The Morgan fingerprint density at radius 2 is 2.00 bits per heavy atom. The predicted octanol–water partition coefficient (Wildman–Crippen LogP) is 1.23. The first-order valence-corrected chi connectivity index (χ1v) is 6.95. The van der Waals surface area contributed by atoms with Gasteiger partial charge in [0.25, 0.3) is 10.1 Å². The molecule has 86 valence electrons. The van der Waals surface area contributed by atoms with E-state index in [-0.39, 0.29) is 23.9 Å². The van der Waals surface area contributed by atoms with Crippen LogP contribution in [0.15, 0.2) is 24.3 Å². The van der Waals surface area contributed by atoms with Crippen LogP contribution in [0.3, 0.4) is 0 Å². The lowest BCUT2D eigenvalue weighted by atomic mass is 9.81. The van der Waals surface area contributed by atoms with Crippen LogP contribution in [-0.4, -0.2) is 20.8 Å². The second kappa shape index (κ2) is 4.04. The monoisotopic (exact) mass is 239 g/mol. The molecule has 0 aliphatic heterocycles. The number of nitrogens with zero attached hydrogens (tertiary/aromatic N) is 1. The van der Waals surface area contributed by atoms with Gasteiger partial charge in [-0.2, -0.15) is 13.7 Å². The van der Waals surface area contributed by atoms with Crippen molar-refractivity contribution in [3.63, 3.8) is 0 Å². The maximum Gasteiger partial charge on any atom is 0.264 e. The van der Waals surface area contributed by atoms with Gasteiger partial charge < -0.3 is 0 Å². The molecule has 4 nitrogen and oxygen atoms in total. The van der Waals surface area contributed by atoms with Gasteiger partial charge >= 0.3 is 0 Å². The molecule has 16 heavy (non-hydrogen) atoms. The van der Waals surface area contributed by atoms with Crippen LogP contribution in [0, 0.1) is 29.1 Å². The van der Waals surface area contributed by atoms with Crippen LogP contribution in [0.4, 0.5) is 0 Å². The average molecular weight is 239 g/mol. The number of fused-ring (bicyclic) bond motifs is 2. The Kier molecular flexibility index (Phi) is 2.87. The standard InChI is InChI=1S/C11H13NO3S/c1-16(13,14)15-11-9-3-2-8(6-7-12)10(11)5-4-9/h2-5,8-11H,6H2,1H3/t8-,9-,10-,11?/m0/s1. The third kappa shape index (κ3) is 2.18. The lowest BCUT2D eigenvalue weighted by Crippen LogP contribution is -2.34. The van der Waals surface area contributed by atoms with Crippen molar-refractivity contribution in [1.82, 2.24) is 0 Å². The van der Waals surface area contributed by atoms with Gasteiger partial charge in [-0.05, 0) is 5.92 Å². The lowest BCUT2D eigenvalue weighted by molar-refractivity contribution is 0.125. The van der Waals surface area contributed by atoms with E-state index in [0.29, 0.717) is 6.42 Å². The fourth-order valence-corrected chi connectivity index (χ4v) is 2.99. The minimum Gasteiger partial charge on any atom is -0.265 e. The number of hydrogen-bond acceptors (Lipinski definition) is 4. The Morgan fingerprint density at radius 1 is 1.31 bits per heavy atom. The number of hydrogen-bond donors (Lipinski definition) is 0. The van der Waals surface area contributed by atoms with E-state index in [1.807, 2.05) is 24.3 Å². The molecule has 0 spiro atoms. The summed E-state index contributed by atoms with van der Waals surface area (Å²) >= 11 is 0. The highest BCUT2D eigenvalue weighted by atomic mass is 32.2. The highest BCUT2D eigenvalue weighted by molar-refractivity contribution is 7.86. The molecule has 0 aromatic rings. The molecule has 1 unspecified atom stereocenters. The van der Waals surface area contributed by atoms with Crippen molar-refractivity contribution in [3.05, 3.63) is 24.3 Å². The van der Waals surface area contributed by atoms with Gasteiger partial charge in [0.15, 0.2) is 0 Å². The SMILES string of the molecule is CS(=O)(=O)OC1[C@@H]2C=C[C@H]1[C@H](CC#N)C=C2. The van der Waals surface area contributed by atoms with Crippen LogP contribution in [0.2, 0.25) is 0 Å². The van der Waals surface area contributed by atoms with Crippen LogP contribution in [0.5, 0.6) is 0 Å². The van der Waals surface area contributed by atoms with Gasteiger partial charge in [0, 0.05) is 18.3 Å². The highest BCUT2D eigenvalue weighted by Gasteiger charge is 2.40. The zero-order chi connectivity index (χ0) is 11.8. The fourth-order valence-electron chi connectivity index (χ4n) is 2.33. The number of allylic oxidation sites excluding steroid dienone is 1. The van der Waals surface area contributed by atoms with Crippen LogP contribution in [-0.2, 0) is 14.3 Å². The molecule has 0 N–H and O–H groups in total. The van der Waals surface area contributed by atoms with Crippen LogP contribution >= 0.6 is 0 Å². The Bertz CT molecular complexity index is 472. The van der Waals surface area contributed by atoms with Crippen LogP contribution < -0.4 is 0 Å². The Morgan fingerprint density at radius 3 is 2.62 bits per heavy atom. The molecule has 0 saturated heterocycles. The van der Waals surface area contributed by atoms with Crippen molar-refractivity contribution >= 4 is 10.1 Å². The summed E-state index contributed by atoms with van der Waals surface area (Å²) in [6, 6.07) is 2.11. The molecule has 2 aliphatic carbocycles. The molecule has 0 radical (unpaired) electrons. The molecule has 0 fully saturated rings. The molecule has 0 heterocycles. The lowest BCUT2D eigenvalue weighted by Gasteiger charge is -2.30. The largest absolute Gasteiger partial charge is 0.265 e. The normalized spacial score (nSPS) is 36.2. The van der Waals surface area contributed by atoms with Gasteiger partial charge in [0.1, 0.15) is 0 Å². The molecular formula is C11H13NO3S. The summed E-state index contributed by atoms with van der Waals surface area (Å²) in [5.74, 6) is 0.0887. The van der Waals surface area contributed by atoms with E-state index in [4.69, 9.17) is 9.44 Å². The van der Waals surface area contributed by atoms with E-state index in [9.17, 15) is 8.42 Å². The Hall–Kier alpha value is -1.12. The molecular weight excluding hydrogens is 226 g/mol. The second-order valence-electron chi connectivity index (χ2n) is 4.22. The number of rotatable bonds is 3. The summed E-state index contributed by atoms with van der Waals surface area (Å²) in [5.41, 5.74) is 0. The summed E-state index contributed by atoms with van der Waals surface area (Å²) in [6.07, 6.45) is 8.92. The summed E-state index contributed by atoms with van der Waals surface area (Å²) < 4.78 is 27.4. The summed E-state index contributed by atoms with van der Waals surface area (Å²) in [6.45, 7) is 0. The van der Waals surface area contributed by atoms with Gasteiger partial charge in [-0.15, -0.1) is 0 Å². The van der Waals surface area contributed by atoms with Gasteiger partial charge in [-0.25, -0.2) is 0 Å². The van der Waals surface area contributed by atoms with Crippen molar-refractivity contribution < 1.29 is 12.6 Å². The van der Waals surface area contributed by atoms with Gasteiger partial charge in [0.2, 0.25) is 0 Å². The second-order valence-corrected chi connectivity index (χ2v) is 5.82. The minimum atomic E-state index is -3.44. The molecule has 0 saturated carbocycles. The van der Waals surface area contributed by atoms with Crippen LogP contribution in [0.1, 0.15) is 6.42 Å². The molecule has 0 aromatic heterocycles. The van der Waals surface area contributed by atoms with E-state index in [2.05, 4.69) is 6.07 Å². The summed E-state index contributed by atoms with van der Waals surface area (Å²) in [5, 5.41) is 8.70. The average Bonchev–Trinajstić information content (AvgIpc) is 2.43. The van der Waals surface area contributed by atoms with Gasteiger partial charge in [-0.1, -0.05) is 24.3 Å². The Labute approximate surface area is 95.3 Å². The van der Waals surface area contributed by atoms with E-state index >= 15 is 0 Å². The molecule has 2 bridgehead atoms. The van der Waals surface area contributed by atoms with Crippen molar-refractivity contribution in [2.45, 2.75) is 12.5 Å². The van der Waals surface area contributed by atoms with Crippen molar-refractivity contribution in [3.8, 4) is 6.07 Å². The maximum atomic E-state index is 11.1. The topological polar surface area (TPSA) is 67.2 Å². The molecule has 0 amide bonds. The van der Waals surface area contributed by atoms with Gasteiger partial charge in [0.05, 0.1) is 18.4 Å². The molecule has 0 aromatic carbocycles. The third-order valence-corrected chi connectivity index (χ3v) is 3.57. The summed E-state index contributed by atoms with van der Waals surface area (Å²) in [7, 11) is -3.44. The minimum absolute atomic E-state index is 0.00405. The van der Waals surface area contributed by atoms with Crippen molar-refractivity contribution in [2.24, 2.45) is 17.8 Å². The Balaban J connectivity index is 2.19. The first-order valence-electron chi connectivity index (χ1n) is 5.13. The molecule has 5 heteroatoms. The first-order chi connectivity index (χ1) is 7.51. The summed E-state index contributed by atoms with van der Waals surface area (Å²) in [4.78, 5) is 0. The van der Waals surface area contributed by atoms with E-state index in [1.54, 1.807) is 0 Å². The molecule has 2 aliphatic rings. The molecule has 2 rings (SSSR count). The number of nitriles is 1. The van der Waals surface area contributed by atoms with E-state index in [0.717, 1.165) is 6.26 Å². The van der Waals surface area contributed by atoms with Crippen molar-refractivity contribution in [1.29, 1.82) is 5.26 Å². The fraction of sp³-hybridized carbons (Fsp3) is 0.545. The zero-order valence-electron chi connectivity index (χ0n) is 8.91. The van der Waals surface area contributed by atoms with Gasteiger partial charge in [-0.3, -0.25) is 4.18 Å². The highest BCUT2D eigenvalue weighted by Crippen LogP contribution is 2.40. The first kappa shape index (κ1) is 11.4. The third-order valence-electron chi connectivity index (χ3n) is 3.00. The molecule has 4 atom stereocenters.